The van der Waals surface area contributed by atoms with Gasteiger partial charge in [0, 0.05) is 38.2 Å². The highest BCUT2D eigenvalue weighted by Crippen LogP contribution is 2.30. The van der Waals surface area contributed by atoms with E-state index in [4.69, 9.17) is 4.74 Å². The van der Waals surface area contributed by atoms with E-state index in [0.717, 1.165) is 12.0 Å². The van der Waals surface area contributed by atoms with Crippen LogP contribution in [0.5, 0.6) is 5.75 Å². The largest absolute Gasteiger partial charge is 0.492 e. The number of amides is 2. The molecule has 0 N–H and O–H groups in total. The number of ether oxygens (including phenoxy) is 1. The van der Waals surface area contributed by atoms with E-state index in [0.29, 0.717) is 49.7 Å². The standard InChI is InChI=1S/C20H19FN2O3/c21-16-6-4-15(5-7-16)19(24)22-9-11-23(12-10-22)20(25)17-3-1-2-14-8-13-26-18(14)17/h1-7H,8-13H2. The second-order valence-corrected chi connectivity index (χ2v) is 6.48. The minimum Gasteiger partial charge on any atom is -0.492 e. The lowest BCUT2D eigenvalue weighted by Crippen LogP contribution is -2.50. The molecule has 2 aromatic carbocycles. The van der Waals surface area contributed by atoms with E-state index in [2.05, 4.69) is 0 Å². The Morgan fingerprint density at radius 1 is 0.885 bits per heavy atom. The molecule has 2 aliphatic heterocycles. The molecule has 0 aromatic heterocycles. The summed E-state index contributed by atoms with van der Waals surface area (Å²) in [5.41, 5.74) is 2.12. The lowest BCUT2D eigenvalue weighted by molar-refractivity contribution is 0.0533. The molecule has 2 heterocycles. The summed E-state index contributed by atoms with van der Waals surface area (Å²) in [5.74, 6) is 0.135. The molecule has 0 bridgehead atoms. The highest BCUT2D eigenvalue weighted by Gasteiger charge is 2.28. The van der Waals surface area contributed by atoms with Crippen LogP contribution in [-0.4, -0.2) is 54.4 Å². The van der Waals surface area contributed by atoms with E-state index in [1.54, 1.807) is 15.9 Å². The highest BCUT2D eigenvalue weighted by molar-refractivity contribution is 5.98. The number of rotatable bonds is 2. The Bertz CT molecular complexity index is 843. The van der Waals surface area contributed by atoms with E-state index >= 15 is 0 Å². The number of fused-ring (bicyclic) bond motifs is 1. The Labute approximate surface area is 151 Å². The summed E-state index contributed by atoms with van der Waals surface area (Å²) < 4.78 is 18.6. The van der Waals surface area contributed by atoms with E-state index in [9.17, 15) is 14.0 Å². The summed E-state index contributed by atoms with van der Waals surface area (Å²) in [4.78, 5) is 28.8. The van der Waals surface area contributed by atoms with Crippen molar-refractivity contribution in [1.29, 1.82) is 0 Å². The van der Waals surface area contributed by atoms with E-state index in [1.807, 2.05) is 12.1 Å². The second-order valence-electron chi connectivity index (χ2n) is 6.48. The number of nitrogens with zero attached hydrogens (tertiary/aromatic N) is 2. The van der Waals surface area contributed by atoms with Gasteiger partial charge in [0.1, 0.15) is 11.6 Å². The Morgan fingerprint density at radius 2 is 1.54 bits per heavy atom. The summed E-state index contributed by atoms with van der Waals surface area (Å²) in [6.45, 7) is 2.46. The van der Waals surface area contributed by atoms with Crippen molar-refractivity contribution in [1.82, 2.24) is 9.80 Å². The lowest BCUT2D eigenvalue weighted by atomic mass is 10.1. The van der Waals surface area contributed by atoms with Crippen molar-refractivity contribution in [2.45, 2.75) is 6.42 Å². The van der Waals surface area contributed by atoms with Gasteiger partial charge >= 0.3 is 0 Å². The molecular formula is C20H19FN2O3. The Hall–Kier alpha value is -2.89. The van der Waals surface area contributed by atoms with Gasteiger partial charge in [0.15, 0.2) is 0 Å². The monoisotopic (exact) mass is 354 g/mol. The number of carbonyl (C=O) groups excluding carboxylic acids is 2. The number of para-hydroxylation sites is 1. The Kier molecular flexibility index (Phi) is 4.32. The molecule has 0 unspecified atom stereocenters. The van der Waals surface area contributed by atoms with Gasteiger partial charge in [-0.05, 0) is 35.9 Å². The van der Waals surface area contributed by atoms with Gasteiger partial charge in [0.25, 0.3) is 11.8 Å². The second kappa shape index (κ2) is 6.78. The normalized spacial score (nSPS) is 16.2. The summed E-state index contributed by atoms with van der Waals surface area (Å²) >= 11 is 0. The van der Waals surface area contributed by atoms with Crippen molar-refractivity contribution in [3.8, 4) is 5.75 Å². The van der Waals surface area contributed by atoms with Crippen LogP contribution in [0.25, 0.3) is 0 Å². The zero-order chi connectivity index (χ0) is 18.1. The molecule has 0 saturated carbocycles. The molecule has 5 nitrogen and oxygen atoms in total. The molecule has 4 rings (SSSR count). The fourth-order valence-corrected chi connectivity index (χ4v) is 3.44. The fourth-order valence-electron chi connectivity index (χ4n) is 3.44. The van der Waals surface area contributed by atoms with Crippen LogP contribution in [-0.2, 0) is 6.42 Å². The first kappa shape index (κ1) is 16.6. The summed E-state index contributed by atoms with van der Waals surface area (Å²) in [6.07, 6.45) is 0.830. The molecule has 2 aromatic rings. The third kappa shape index (κ3) is 3.03. The first-order valence-corrected chi connectivity index (χ1v) is 8.72. The number of halogens is 1. The molecular weight excluding hydrogens is 335 g/mol. The molecule has 134 valence electrons. The van der Waals surface area contributed by atoms with Gasteiger partial charge in [-0.15, -0.1) is 0 Å². The molecule has 0 atom stereocenters. The van der Waals surface area contributed by atoms with Crippen molar-refractivity contribution in [2.24, 2.45) is 0 Å². The predicted octanol–water partition coefficient (Wildman–Crippen LogP) is 2.36. The van der Waals surface area contributed by atoms with Crippen molar-refractivity contribution >= 4 is 11.8 Å². The predicted molar refractivity (Wildman–Crippen MR) is 93.8 cm³/mol. The highest BCUT2D eigenvalue weighted by atomic mass is 19.1. The smallest absolute Gasteiger partial charge is 0.257 e. The van der Waals surface area contributed by atoms with Crippen LogP contribution < -0.4 is 4.74 Å². The Balaban J connectivity index is 1.42. The van der Waals surface area contributed by atoms with Crippen LogP contribution >= 0.6 is 0 Å². The minimum atomic E-state index is -0.366. The van der Waals surface area contributed by atoms with Crippen LogP contribution in [0.3, 0.4) is 0 Å². The third-order valence-electron chi connectivity index (χ3n) is 4.89. The fraction of sp³-hybridized carbons (Fsp3) is 0.300. The quantitative estimate of drug-likeness (QED) is 0.832. The van der Waals surface area contributed by atoms with Crippen LogP contribution in [0.2, 0.25) is 0 Å². The zero-order valence-electron chi connectivity index (χ0n) is 14.3. The number of carbonyl (C=O) groups is 2. The van der Waals surface area contributed by atoms with E-state index < -0.39 is 0 Å². The van der Waals surface area contributed by atoms with Gasteiger partial charge in [-0.3, -0.25) is 9.59 Å². The Morgan fingerprint density at radius 3 is 2.23 bits per heavy atom. The van der Waals surface area contributed by atoms with Gasteiger partial charge in [0.05, 0.1) is 12.2 Å². The van der Waals surface area contributed by atoms with Crippen molar-refractivity contribution in [3.63, 3.8) is 0 Å². The molecule has 2 amide bonds. The molecule has 0 spiro atoms. The average molecular weight is 354 g/mol. The molecule has 6 heteroatoms. The SMILES string of the molecule is O=C(c1ccc(F)cc1)N1CCN(C(=O)c2cccc3c2OCC3)CC1. The maximum atomic E-state index is 13.0. The molecule has 26 heavy (non-hydrogen) atoms. The third-order valence-corrected chi connectivity index (χ3v) is 4.89. The molecule has 0 aliphatic carbocycles. The zero-order valence-corrected chi connectivity index (χ0v) is 14.3. The topological polar surface area (TPSA) is 49.9 Å². The molecule has 0 radical (unpaired) electrons. The van der Waals surface area contributed by atoms with Crippen LogP contribution in [0, 0.1) is 5.82 Å². The maximum absolute atomic E-state index is 13.0. The molecule has 1 fully saturated rings. The number of benzene rings is 2. The number of hydrogen-bond donors (Lipinski definition) is 0. The maximum Gasteiger partial charge on any atom is 0.257 e. The number of piperazine rings is 1. The van der Waals surface area contributed by atoms with Crippen LogP contribution in [0.15, 0.2) is 42.5 Å². The summed E-state index contributed by atoms with van der Waals surface area (Å²) in [5, 5.41) is 0. The van der Waals surface area contributed by atoms with E-state index in [1.165, 1.54) is 24.3 Å². The van der Waals surface area contributed by atoms with Crippen molar-refractivity contribution in [2.75, 3.05) is 32.8 Å². The van der Waals surface area contributed by atoms with Crippen LogP contribution in [0.4, 0.5) is 4.39 Å². The average Bonchev–Trinajstić information content (AvgIpc) is 3.16. The molecule has 2 aliphatic rings. The first-order chi connectivity index (χ1) is 12.6. The van der Waals surface area contributed by atoms with Gasteiger partial charge < -0.3 is 14.5 Å². The van der Waals surface area contributed by atoms with Crippen molar-refractivity contribution < 1.29 is 18.7 Å². The molecule has 1 saturated heterocycles. The summed E-state index contributed by atoms with van der Waals surface area (Å²) in [7, 11) is 0. The minimum absolute atomic E-state index is 0.0577. The van der Waals surface area contributed by atoms with Gasteiger partial charge in [-0.1, -0.05) is 12.1 Å². The first-order valence-electron chi connectivity index (χ1n) is 8.72. The van der Waals surface area contributed by atoms with E-state index in [-0.39, 0.29) is 17.6 Å². The lowest BCUT2D eigenvalue weighted by Gasteiger charge is -2.35. The number of hydrogen-bond acceptors (Lipinski definition) is 3. The van der Waals surface area contributed by atoms with Gasteiger partial charge in [0.2, 0.25) is 0 Å². The van der Waals surface area contributed by atoms with Gasteiger partial charge in [-0.25, -0.2) is 4.39 Å². The van der Waals surface area contributed by atoms with Crippen molar-refractivity contribution in [3.05, 3.63) is 65.0 Å². The van der Waals surface area contributed by atoms with Crippen LogP contribution in [0.1, 0.15) is 26.3 Å². The summed E-state index contributed by atoms with van der Waals surface area (Å²) in [6, 6.07) is 11.2. The van der Waals surface area contributed by atoms with Gasteiger partial charge in [-0.2, -0.15) is 0 Å².